The van der Waals surface area contributed by atoms with Crippen molar-refractivity contribution in [3.05, 3.63) is 52.8 Å². The van der Waals surface area contributed by atoms with Crippen LogP contribution in [-0.4, -0.2) is 47.9 Å². The fourth-order valence-corrected chi connectivity index (χ4v) is 5.81. The minimum Gasteiger partial charge on any atom is -0.282 e. The molecule has 0 spiro atoms. The molecule has 2 aromatic heterocycles. The van der Waals surface area contributed by atoms with Gasteiger partial charge in [-0.25, -0.2) is 17.7 Å². The molecule has 0 saturated carbocycles. The van der Waals surface area contributed by atoms with Gasteiger partial charge >= 0.3 is 0 Å². The minimum absolute atomic E-state index is 0.0541. The van der Waals surface area contributed by atoms with Gasteiger partial charge < -0.3 is 0 Å². The predicted octanol–water partition coefficient (Wildman–Crippen LogP) is 3.86. The standard InChI is InChI=1S/C21H23ClN4O3S2/c1-14-17(22)6-7-18-19(14)24-21(30-18)26(13-16-5-3-4-10-23-16)20(27)15-8-11-25(12-9-15)31(2,28)29/h3-7,10,15H,8-9,11-13H2,1-2H3. The molecule has 0 N–H and O–H groups in total. The van der Waals surface area contributed by atoms with Crippen molar-refractivity contribution in [3.63, 3.8) is 0 Å². The summed E-state index contributed by atoms with van der Waals surface area (Å²) in [6.45, 7) is 2.92. The highest BCUT2D eigenvalue weighted by Gasteiger charge is 2.33. The number of fused-ring (bicyclic) bond motifs is 1. The maximum Gasteiger partial charge on any atom is 0.232 e. The third-order valence-electron chi connectivity index (χ3n) is 5.55. The number of anilines is 1. The van der Waals surface area contributed by atoms with E-state index in [0.717, 1.165) is 21.5 Å². The molecule has 3 heterocycles. The maximum atomic E-state index is 13.6. The fraction of sp³-hybridized carbons (Fsp3) is 0.381. The second-order valence-corrected chi connectivity index (χ2v) is 11.1. The van der Waals surface area contributed by atoms with E-state index in [9.17, 15) is 13.2 Å². The number of hydrogen-bond acceptors (Lipinski definition) is 6. The van der Waals surface area contributed by atoms with E-state index in [2.05, 4.69) is 4.98 Å². The Bertz CT molecular complexity index is 1210. The lowest BCUT2D eigenvalue weighted by molar-refractivity contribution is -0.123. The zero-order valence-electron chi connectivity index (χ0n) is 17.3. The molecule has 7 nitrogen and oxygen atoms in total. The molecule has 164 valence electrons. The monoisotopic (exact) mass is 478 g/mol. The average Bonchev–Trinajstić information content (AvgIpc) is 3.19. The number of carbonyl (C=O) groups is 1. The Hall–Kier alpha value is -2.07. The first-order chi connectivity index (χ1) is 14.7. The van der Waals surface area contributed by atoms with E-state index in [0.29, 0.717) is 42.6 Å². The van der Waals surface area contributed by atoms with Crippen molar-refractivity contribution in [3.8, 4) is 0 Å². The van der Waals surface area contributed by atoms with Gasteiger partial charge in [0, 0.05) is 30.2 Å². The van der Waals surface area contributed by atoms with E-state index >= 15 is 0 Å². The molecule has 31 heavy (non-hydrogen) atoms. The number of halogens is 1. The lowest BCUT2D eigenvalue weighted by Gasteiger charge is -2.32. The smallest absolute Gasteiger partial charge is 0.232 e. The van der Waals surface area contributed by atoms with E-state index in [1.54, 1.807) is 11.1 Å². The van der Waals surface area contributed by atoms with Gasteiger partial charge in [-0.05, 0) is 49.6 Å². The molecule has 4 rings (SSSR count). The van der Waals surface area contributed by atoms with Crippen LogP contribution in [-0.2, 0) is 21.4 Å². The van der Waals surface area contributed by atoms with E-state index in [1.165, 1.54) is 21.9 Å². The van der Waals surface area contributed by atoms with Gasteiger partial charge in [0.05, 0.1) is 28.7 Å². The molecule has 1 aliphatic rings. The number of nitrogens with zero attached hydrogens (tertiary/aromatic N) is 4. The van der Waals surface area contributed by atoms with Crippen molar-refractivity contribution in [2.24, 2.45) is 5.92 Å². The Kier molecular flexibility index (Phi) is 6.30. The largest absolute Gasteiger partial charge is 0.282 e. The molecule has 1 fully saturated rings. The topological polar surface area (TPSA) is 83.5 Å². The molecular weight excluding hydrogens is 456 g/mol. The van der Waals surface area contributed by atoms with Crippen LogP contribution in [0.5, 0.6) is 0 Å². The number of aryl methyl sites for hydroxylation is 1. The van der Waals surface area contributed by atoms with Gasteiger partial charge in [0.25, 0.3) is 0 Å². The van der Waals surface area contributed by atoms with Crippen LogP contribution in [0.2, 0.25) is 5.02 Å². The summed E-state index contributed by atoms with van der Waals surface area (Å²) in [6.07, 6.45) is 3.88. The van der Waals surface area contributed by atoms with Crippen LogP contribution in [0, 0.1) is 12.8 Å². The number of thiazole rings is 1. The van der Waals surface area contributed by atoms with Crippen LogP contribution in [0.25, 0.3) is 10.2 Å². The van der Waals surface area contributed by atoms with E-state index in [-0.39, 0.29) is 11.8 Å². The van der Waals surface area contributed by atoms with Crippen molar-refractivity contribution in [2.45, 2.75) is 26.3 Å². The van der Waals surface area contributed by atoms with Gasteiger partial charge in [-0.3, -0.25) is 14.7 Å². The van der Waals surface area contributed by atoms with Crippen LogP contribution >= 0.6 is 22.9 Å². The SMILES string of the molecule is Cc1c(Cl)ccc2sc(N(Cc3ccccn3)C(=O)C3CCN(S(C)(=O)=O)CC3)nc12. The van der Waals surface area contributed by atoms with Crippen molar-refractivity contribution in [1.82, 2.24) is 14.3 Å². The Morgan fingerprint density at radius 2 is 2.00 bits per heavy atom. The number of aromatic nitrogens is 2. The summed E-state index contributed by atoms with van der Waals surface area (Å²) in [7, 11) is -3.25. The van der Waals surface area contributed by atoms with Gasteiger partial charge in [-0.1, -0.05) is 29.0 Å². The van der Waals surface area contributed by atoms with Gasteiger partial charge in [0.15, 0.2) is 5.13 Å². The quantitative estimate of drug-likeness (QED) is 0.556. The highest BCUT2D eigenvalue weighted by Crippen LogP contribution is 2.35. The Labute approximate surface area is 190 Å². The molecule has 1 aliphatic heterocycles. The van der Waals surface area contributed by atoms with E-state index < -0.39 is 10.0 Å². The van der Waals surface area contributed by atoms with Crippen molar-refractivity contribution in [2.75, 3.05) is 24.2 Å². The highest BCUT2D eigenvalue weighted by molar-refractivity contribution is 7.88. The van der Waals surface area contributed by atoms with Crippen molar-refractivity contribution < 1.29 is 13.2 Å². The molecule has 0 radical (unpaired) electrons. The second kappa shape index (κ2) is 8.82. The molecule has 3 aromatic rings. The first kappa shape index (κ1) is 22.1. The molecule has 1 amide bonds. The number of rotatable bonds is 5. The fourth-order valence-electron chi connectivity index (χ4n) is 3.75. The summed E-state index contributed by atoms with van der Waals surface area (Å²) in [5, 5.41) is 1.24. The number of sulfonamides is 1. The number of piperidine rings is 1. The maximum absolute atomic E-state index is 13.6. The summed E-state index contributed by atoms with van der Waals surface area (Å²) < 4.78 is 26.0. The number of benzene rings is 1. The molecule has 0 unspecified atom stereocenters. The zero-order chi connectivity index (χ0) is 22.2. The number of hydrogen-bond donors (Lipinski definition) is 0. The normalized spacial score (nSPS) is 16.0. The van der Waals surface area contributed by atoms with Crippen LogP contribution in [0.4, 0.5) is 5.13 Å². The lowest BCUT2D eigenvalue weighted by Crippen LogP contribution is -2.44. The van der Waals surface area contributed by atoms with Crippen molar-refractivity contribution in [1.29, 1.82) is 0 Å². The first-order valence-corrected chi connectivity index (χ1v) is 13.0. The molecule has 1 aromatic carbocycles. The van der Waals surface area contributed by atoms with Crippen LogP contribution in [0.3, 0.4) is 0 Å². The summed E-state index contributed by atoms with van der Waals surface area (Å²) in [6, 6.07) is 9.35. The molecule has 0 aliphatic carbocycles. The van der Waals surface area contributed by atoms with Gasteiger partial charge in [-0.15, -0.1) is 0 Å². The van der Waals surface area contributed by atoms with Gasteiger partial charge in [-0.2, -0.15) is 0 Å². The molecular formula is C21H23ClN4O3S2. The van der Waals surface area contributed by atoms with Crippen LogP contribution in [0.1, 0.15) is 24.1 Å². The summed E-state index contributed by atoms with van der Waals surface area (Å²) in [5.74, 6) is -0.319. The summed E-state index contributed by atoms with van der Waals surface area (Å²) in [5.41, 5.74) is 2.44. The molecule has 1 saturated heterocycles. The number of pyridine rings is 1. The van der Waals surface area contributed by atoms with Crippen LogP contribution < -0.4 is 4.90 Å². The Balaban J connectivity index is 1.65. The molecule has 10 heteroatoms. The molecule has 0 atom stereocenters. The van der Waals surface area contributed by atoms with Crippen LogP contribution in [0.15, 0.2) is 36.5 Å². The van der Waals surface area contributed by atoms with Gasteiger partial charge in [0.2, 0.25) is 15.9 Å². The van der Waals surface area contributed by atoms with Gasteiger partial charge in [0.1, 0.15) is 0 Å². The summed E-state index contributed by atoms with van der Waals surface area (Å²) in [4.78, 5) is 24.4. The van der Waals surface area contributed by atoms with E-state index in [1.807, 2.05) is 37.3 Å². The average molecular weight is 479 g/mol. The number of carbonyl (C=O) groups excluding carboxylic acids is 1. The summed E-state index contributed by atoms with van der Waals surface area (Å²) >= 11 is 7.71. The predicted molar refractivity (Wildman–Crippen MR) is 124 cm³/mol. The third kappa shape index (κ3) is 4.74. The highest BCUT2D eigenvalue weighted by atomic mass is 35.5. The first-order valence-electron chi connectivity index (χ1n) is 9.96. The lowest BCUT2D eigenvalue weighted by atomic mass is 9.96. The van der Waals surface area contributed by atoms with Crippen molar-refractivity contribution >= 4 is 54.2 Å². The number of amides is 1. The minimum atomic E-state index is -3.25. The Morgan fingerprint density at radius 3 is 2.65 bits per heavy atom. The molecule has 0 bridgehead atoms. The van der Waals surface area contributed by atoms with E-state index in [4.69, 9.17) is 16.6 Å². The zero-order valence-corrected chi connectivity index (χ0v) is 19.7. The second-order valence-electron chi connectivity index (χ2n) is 7.70. The third-order valence-corrected chi connectivity index (χ3v) is 8.31. The Morgan fingerprint density at radius 1 is 1.26 bits per heavy atom.